The quantitative estimate of drug-likeness (QED) is 0.598. The highest BCUT2D eigenvalue weighted by Gasteiger charge is 2.22. The minimum atomic E-state index is -0.0364. The molecule has 2 heterocycles. The summed E-state index contributed by atoms with van der Waals surface area (Å²) in [6, 6.07) is 13.1. The third-order valence-corrected chi connectivity index (χ3v) is 6.22. The van der Waals surface area contributed by atoms with Crippen LogP contribution in [-0.2, 0) is 11.3 Å². The van der Waals surface area contributed by atoms with Crippen molar-refractivity contribution < 1.29 is 9.53 Å². The van der Waals surface area contributed by atoms with E-state index in [1.54, 1.807) is 29.5 Å². The van der Waals surface area contributed by atoms with Crippen LogP contribution in [0.1, 0.15) is 5.01 Å². The molecule has 1 aromatic heterocycles. The third-order valence-electron chi connectivity index (χ3n) is 4.67. The molecule has 146 valence electrons. The van der Waals surface area contributed by atoms with Gasteiger partial charge in [-0.1, -0.05) is 35.3 Å². The summed E-state index contributed by atoms with van der Waals surface area (Å²) in [6.07, 6.45) is 0. The van der Waals surface area contributed by atoms with Gasteiger partial charge < -0.3 is 9.64 Å². The van der Waals surface area contributed by atoms with Crippen LogP contribution in [0.2, 0.25) is 10.0 Å². The fourth-order valence-corrected chi connectivity index (χ4v) is 4.63. The van der Waals surface area contributed by atoms with Crippen LogP contribution in [0.3, 0.4) is 0 Å². The van der Waals surface area contributed by atoms with Crippen molar-refractivity contribution in [2.75, 3.05) is 32.8 Å². The van der Waals surface area contributed by atoms with E-state index < -0.39 is 0 Å². The largest absolute Gasteiger partial charge is 0.482 e. The maximum absolute atomic E-state index is 12.4. The number of benzene rings is 2. The highest BCUT2D eigenvalue weighted by Crippen LogP contribution is 2.27. The van der Waals surface area contributed by atoms with Crippen molar-refractivity contribution in [3.63, 3.8) is 0 Å². The summed E-state index contributed by atoms with van der Waals surface area (Å²) in [6.45, 7) is 3.80. The lowest BCUT2D eigenvalue weighted by atomic mass is 10.3. The van der Waals surface area contributed by atoms with Crippen molar-refractivity contribution in [1.29, 1.82) is 0 Å². The molecule has 1 fully saturated rings. The number of halogens is 2. The first-order valence-electron chi connectivity index (χ1n) is 9.01. The standard InChI is InChI=1S/C20H19Cl2N3O2S/c21-14-5-6-17(15(22)11-14)27-13-20(26)25-9-7-24(8-10-25)12-19-23-16-3-1-2-4-18(16)28-19/h1-6,11H,7-10,12-13H2. The topological polar surface area (TPSA) is 45.7 Å². The Kier molecular flexibility index (Phi) is 6.01. The first kappa shape index (κ1) is 19.5. The van der Waals surface area contributed by atoms with Gasteiger partial charge in [0, 0.05) is 31.2 Å². The van der Waals surface area contributed by atoms with Crippen molar-refractivity contribution in [3.8, 4) is 5.75 Å². The van der Waals surface area contributed by atoms with Gasteiger partial charge in [0.25, 0.3) is 5.91 Å². The molecule has 4 rings (SSSR count). The van der Waals surface area contributed by atoms with E-state index in [0.717, 1.165) is 30.2 Å². The number of piperazine rings is 1. The predicted molar refractivity (Wildman–Crippen MR) is 113 cm³/mol. The summed E-state index contributed by atoms with van der Waals surface area (Å²) >= 11 is 13.7. The zero-order valence-electron chi connectivity index (χ0n) is 15.1. The van der Waals surface area contributed by atoms with Crippen molar-refractivity contribution in [2.45, 2.75) is 6.54 Å². The molecule has 0 spiro atoms. The average molecular weight is 436 g/mol. The van der Waals surface area contributed by atoms with E-state index in [0.29, 0.717) is 28.9 Å². The summed E-state index contributed by atoms with van der Waals surface area (Å²) in [5, 5.41) is 2.05. The summed E-state index contributed by atoms with van der Waals surface area (Å²) in [5.74, 6) is 0.430. The van der Waals surface area contributed by atoms with E-state index in [2.05, 4.69) is 11.0 Å². The fourth-order valence-electron chi connectivity index (χ4n) is 3.16. The maximum atomic E-state index is 12.4. The molecular formula is C20H19Cl2N3O2S. The minimum absolute atomic E-state index is 0.0285. The molecule has 0 N–H and O–H groups in total. The molecule has 0 saturated carbocycles. The molecule has 1 aliphatic rings. The van der Waals surface area contributed by atoms with E-state index in [1.807, 2.05) is 23.1 Å². The normalized spacial score (nSPS) is 15.1. The Bertz CT molecular complexity index is 953. The van der Waals surface area contributed by atoms with Gasteiger partial charge in [-0.05, 0) is 30.3 Å². The molecule has 2 aromatic carbocycles. The number of hydrogen-bond acceptors (Lipinski definition) is 5. The first-order valence-corrected chi connectivity index (χ1v) is 10.6. The number of rotatable bonds is 5. The van der Waals surface area contributed by atoms with E-state index in [9.17, 15) is 4.79 Å². The minimum Gasteiger partial charge on any atom is -0.482 e. The van der Waals surface area contributed by atoms with Crippen molar-refractivity contribution in [2.24, 2.45) is 0 Å². The van der Waals surface area contributed by atoms with Crippen LogP contribution in [0.15, 0.2) is 42.5 Å². The molecular weight excluding hydrogens is 417 g/mol. The molecule has 0 radical (unpaired) electrons. The lowest BCUT2D eigenvalue weighted by molar-refractivity contribution is -0.135. The average Bonchev–Trinajstić information content (AvgIpc) is 3.10. The number of carbonyl (C=O) groups excluding carboxylic acids is 1. The van der Waals surface area contributed by atoms with E-state index in [-0.39, 0.29) is 12.5 Å². The highest BCUT2D eigenvalue weighted by atomic mass is 35.5. The Morgan fingerprint density at radius 2 is 1.89 bits per heavy atom. The fraction of sp³-hybridized carbons (Fsp3) is 0.300. The van der Waals surface area contributed by atoms with Gasteiger partial charge in [-0.3, -0.25) is 9.69 Å². The molecule has 1 aliphatic heterocycles. The van der Waals surface area contributed by atoms with Crippen LogP contribution in [0.25, 0.3) is 10.2 Å². The Balaban J connectivity index is 1.26. The molecule has 0 unspecified atom stereocenters. The number of thiazole rings is 1. The Morgan fingerprint density at radius 3 is 2.64 bits per heavy atom. The molecule has 3 aromatic rings. The summed E-state index contributed by atoms with van der Waals surface area (Å²) in [4.78, 5) is 21.3. The van der Waals surface area contributed by atoms with Gasteiger partial charge in [-0.2, -0.15) is 0 Å². The Labute approximate surface area is 177 Å². The number of carbonyl (C=O) groups is 1. The van der Waals surface area contributed by atoms with Crippen molar-refractivity contribution in [1.82, 2.24) is 14.8 Å². The molecule has 0 aliphatic carbocycles. The van der Waals surface area contributed by atoms with Gasteiger partial charge in [0.15, 0.2) is 6.61 Å². The van der Waals surface area contributed by atoms with Crippen LogP contribution in [0.5, 0.6) is 5.75 Å². The molecule has 8 heteroatoms. The second kappa shape index (κ2) is 8.66. The van der Waals surface area contributed by atoms with Gasteiger partial charge in [0.05, 0.1) is 21.8 Å². The zero-order valence-corrected chi connectivity index (χ0v) is 17.4. The van der Waals surface area contributed by atoms with Gasteiger partial charge in [0.1, 0.15) is 10.8 Å². The molecule has 0 bridgehead atoms. The van der Waals surface area contributed by atoms with Gasteiger partial charge >= 0.3 is 0 Å². The first-order chi connectivity index (χ1) is 13.6. The Hall–Kier alpha value is -1.86. The molecule has 5 nitrogen and oxygen atoms in total. The second-order valence-electron chi connectivity index (χ2n) is 6.60. The third kappa shape index (κ3) is 4.58. The van der Waals surface area contributed by atoms with Crippen LogP contribution in [0.4, 0.5) is 0 Å². The van der Waals surface area contributed by atoms with E-state index >= 15 is 0 Å². The van der Waals surface area contributed by atoms with E-state index in [4.69, 9.17) is 32.9 Å². The van der Waals surface area contributed by atoms with Crippen LogP contribution >= 0.6 is 34.5 Å². The summed E-state index contributed by atoms with van der Waals surface area (Å²) in [5.41, 5.74) is 1.05. The number of hydrogen-bond donors (Lipinski definition) is 0. The summed E-state index contributed by atoms with van der Waals surface area (Å²) in [7, 11) is 0. The van der Waals surface area contributed by atoms with Crippen LogP contribution in [-0.4, -0.2) is 53.5 Å². The number of fused-ring (bicyclic) bond motifs is 1. The maximum Gasteiger partial charge on any atom is 0.260 e. The molecule has 0 atom stereocenters. The van der Waals surface area contributed by atoms with Crippen molar-refractivity contribution in [3.05, 3.63) is 57.5 Å². The predicted octanol–water partition coefficient (Wildman–Crippen LogP) is 4.33. The van der Waals surface area contributed by atoms with Gasteiger partial charge in [-0.15, -0.1) is 11.3 Å². The Morgan fingerprint density at radius 1 is 1.11 bits per heavy atom. The number of amides is 1. The monoisotopic (exact) mass is 435 g/mol. The number of aromatic nitrogens is 1. The van der Waals surface area contributed by atoms with Crippen molar-refractivity contribution >= 4 is 50.7 Å². The molecule has 1 amide bonds. The van der Waals surface area contributed by atoms with E-state index in [1.165, 1.54) is 4.70 Å². The number of para-hydroxylation sites is 1. The van der Waals surface area contributed by atoms with Gasteiger partial charge in [0.2, 0.25) is 0 Å². The second-order valence-corrected chi connectivity index (χ2v) is 8.55. The SMILES string of the molecule is O=C(COc1ccc(Cl)cc1Cl)N1CCN(Cc2nc3ccccc3s2)CC1. The lowest BCUT2D eigenvalue weighted by Gasteiger charge is -2.34. The van der Waals surface area contributed by atoms with Crippen LogP contribution < -0.4 is 4.74 Å². The zero-order chi connectivity index (χ0) is 19.5. The van der Waals surface area contributed by atoms with Crippen LogP contribution in [0, 0.1) is 0 Å². The smallest absolute Gasteiger partial charge is 0.260 e. The molecule has 1 saturated heterocycles. The van der Waals surface area contributed by atoms with Gasteiger partial charge in [-0.25, -0.2) is 4.98 Å². The number of nitrogens with zero attached hydrogens (tertiary/aromatic N) is 3. The summed E-state index contributed by atoms with van der Waals surface area (Å²) < 4.78 is 6.77. The highest BCUT2D eigenvalue weighted by molar-refractivity contribution is 7.18. The lowest BCUT2D eigenvalue weighted by Crippen LogP contribution is -2.49. The number of ether oxygens (including phenoxy) is 1. The molecule has 28 heavy (non-hydrogen) atoms.